The van der Waals surface area contributed by atoms with Crippen LogP contribution in [0.25, 0.3) is 0 Å². The van der Waals surface area contributed by atoms with Gasteiger partial charge in [0.1, 0.15) is 0 Å². The molecule has 17 heavy (non-hydrogen) atoms. The zero-order valence-corrected chi connectivity index (χ0v) is 11.0. The highest BCUT2D eigenvalue weighted by atomic mass is 35.5. The molecule has 0 unspecified atom stereocenters. The van der Waals surface area contributed by atoms with Gasteiger partial charge in [0.2, 0.25) is 0 Å². The van der Waals surface area contributed by atoms with Crippen LogP contribution in [0.3, 0.4) is 0 Å². The van der Waals surface area contributed by atoms with Crippen LogP contribution in [-0.2, 0) is 0 Å². The van der Waals surface area contributed by atoms with E-state index in [-0.39, 0.29) is 16.6 Å². The molecule has 0 radical (unpaired) electrons. The molecule has 1 aliphatic rings. The molecule has 92 valence electrons. The zero-order valence-electron chi connectivity index (χ0n) is 9.47. The molecule has 2 heterocycles. The van der Waals surface area contributed by atoms with E-state index in [2.05, 4.69) is 9.97 Å². The Kier molecular flexibility index (Phi) is 3.29. The average Bonchev–Trinajstić information content (AvgIpc) is 2.25. The van der Waals surface area contributed by atoms with E-state index in [4.69, 9.17) is 11.6 Å². The lowest BCUT2D eigenvalue weighted by Crippen LogP contribution is -2.61. The van der Waals surface area contributed by atoms with Crippen LogP contribution in [0.5, 0.6) is 0 Å². The summed E-state index contributed by atoms with van der Waals surface area (Å²) in [7, 11) is 0. The first-order valence-corrected chi connectivity index (χ1v) is 6.61. The Morgan fingerprint density at radius 3 is 2.82 bits per heavy atom. The van der Waals surface area contributed by atoms with Gasteiger partial charge in [0.15, 0.2) is 10.9 Å². The van der Waals surface area contributed by atoms with Gasteiger partial charge in [-0.25, -0.2) is 9.97 Å². The molecular formula is C10H12ClN3O2S. The molecule has 0 saturated carbocycles. The van der Waals surface area contributed by atoms with Gasteiger partial charge in [-0.15, -0.1) is 0 Å². The monoisotopic (exact) mass is 273 g/mol. The van der Waals surface area contributed by atoms with Crippen molar-refractivity contribution >= 4 is 29.3 Å². The van der Waals surface area contributed by atoms with Crippen molar-refractivity contribution in [2.24, 2.45) is 0 Å². The fourth-order valence-corrected chi connectivity index (χ4v) is 2.18. The molecule has 0 aliphatic carbocycles. The van der Waals surface area contributed by atoms with E-state index >= 15 is 0 Å². The third-order valence-corrected chi connectivity index (χ3v) is 3.30. The number of carbonyl (C=O) groups excluding carboxylic acids is 1. The second-order valence-electron chi connectivity index (χ2n) is 4.21. The topological polar surface area (TPSA) is 66.3 Å². The molecule has 1 aromatic heterocycles. The van der Waals surface area contributed by atoms with E-state index in [1.807, 2.05) is 6.26 Å². The standard InChI is InChI=1S/C10H12ClN3O2S/c1-10(16)4-14(5-10)8(15)7-6(11)3-12-9(13-7)17-2/h3,16H,4-5H2,1-2H3. The van der Waals surface area contributed by atoms with Crippen LogP contribution in [0.4, 0.5) is 0 Å². The summed E-state index contributed by atoms with van der Waals surface area (Å²) in [5, 5.41) is 10.3. The number of thioether (sulfide) groups is 1. The molecule has 0 aromatic carbocycles. The van der Waals surface area contributed by atoms with Gasteiger partial charge in [0.25, 0.3) is 5.91 Å². The Bertz CT molecular complexity index is 459. The van der Waals surface area contributed by atoms with Crippen molar-refractivity contribution in [3.8, 4) is 0 Å². The van der Waals surface area contributed by atoms with Crippen molar-refractivity contribution in [1.82, 2.24) is 14.9 Å². The highest BCUT2D eigenvalue weighted by Crippen LogP contribution is 2.24. The Morgan fingerprint density at radius 1 is 1.65 bits per heavy atom. The van der Waals surface area contributed by atoms with Crippen molar-refractivity contribution in [2.75, 3.05) is 19.3 Å². The lowest BCUT2D eigenvalue weighted by atomic mass is 9.96. The number of aromatic nitrogens is 2. The Morgan fingerprint density at radius 2 is 2.29 bits per heavy atom. The summed E-state index contributed by atoms with van der Waals surface area (Å²) in [5.41, 5.74) is -0.598. The smallest absolute Gasteiger partial charge is 0.274 e. The highest BCUT2D eigenvalue weighted by Gasteiger charge is 2.40. The number of amides is 1. The minimum Gasteiger partial charge on any atom is -0.386 e. The number of β-amino-alcohol motifs (C(OH)–C–C–N with tert-alkyl or cyclic N) is 1. The second kappa shape index (κ2) is 4.44. The van der Waals surface area contributed by atoms with Gasteiger partial charge in [-0.05, 0) is 13.2 Å². The normalized spacial score (nSPS) is 17.8. The van der Waals surface area contributed by atoms with E-state index in [1.54, 1.807) is 6.92 Å². The molecule has 1 N–H and O–H groups in total. The molecule has 1 fully saturated rings. The number of hydrogen-bond acceptors (Lipinski definition) is 5. The lowest BCUT2D eigenvalue weighted by Gasteiger charge is -2.43. The molecule has 0 bridgehead atoms. The van der Waals surface area contributed by atoms with Crippen molar-refractivity contribution in [2.45, 2.75) is 17.7 Å². The van der Waals surface area contributed by atoms with Crippen molar-refractivity contribution in [1.29, 1.82) is 0 Å². The molecule has 1 amide bonds. The van der Waals surface area contributed by atoms with Gasteiger partial charge in [-0.1, -0.05) is 23.4 Å². The predicted octanol–water partition coefficient (Wildman–Crippen LogP) is 1.06. The number of hydrogen-bond donors (Lipinski definition) is 1. The number of likely N-dealkylation sites (tertiary alicyclic amines) is 1. The van der Waals surface area contributed by atoms with E-state index in [0.717, 1.165) is 0 Å². The molecule has 7 heteroatoms. The maximum absolute atomic E-state index is 12.0. The van der Waals surface area contributed by atoms with E-state index < -0.39 is 5.60 Å². The lowest BCUT2D eigenvalue weighted by molar-refractivity contribution is -0.0671. The first-order valence-electron chi connectivity index (χ1n) is 5.01. The molecular weight excluding hydrogens is 262 g/mol. The van der Waals surface area contributed by atoms with Crippen LogP contribution < -0.4 is 0 Å². The number of rotatable bonds is 2. The molecule has 1 aromatic rings. The number of carbonyl (C=O) groups is 1. The summed E-state index contributed by atoms with van der Waals surface area (Å²) in [6, 6.07) is 0. The summed E-state index contributed by atoms with van der Waals surface area (Å²) in [6.07, 6.45) is 3.25. The zero-order chi connectivity index (χ0) is 12.6. The number of aliphatic hydroxyl groups is 1. The van der Waals surface area contributed by atoms with Gasteiger partial charge >= 0.3 is 0 Å². The van der Waals surface area contributed by atoms with Gasteiger partial charge in [0.05, 0.1) is 29.9 Å². The maximum atomic E-state index is 12.0. The Hall–Kier alpha value is -0.850. The molecule has 0 spiro atoms. The van der Waals surface area contributed by atoms with Crippen LogP contribution in [-0.4, -0.2) is 50.8 Å². The molecule has 2 rings (SSSR count). The molecule has 1 aliphatic heterocycles. The summed E-state index contributed by atoms with van der Waals surface area (Å²) in [5.74, 6) is -0.265. The van der Waals surface area contributed by atoms with E-state index in [0.29, 0.717) is 18.2 Å². The Balaban J connectivity index is 2.20. The fraction of sp³-hybridized carbons (Fsp3) is 0.500. The highest BCUT2D eigenvalue weighted by molar-refractivity contribution is 7.98. The summed E-state index contributed by atoms with van der Waals surface area (Å²) in [4.78, 5) is 21.6. The van der Waals surface area contributed by atoms with E-state index in [1.165, 1.54) is 22.9 Å². The third kappa shape index (κ3) is 2.53. The maximum Gasteiger partial charge on any atom is 0.274 e. The minimum atomic E-state index is -0.794. The molecule has 5 nitrogen and oxygen atoms in total. The van der Waals surface area contributed by atoms with E-state index in [9.17, 15) is 9.90 Å². The van der Waals surface area contributed by atoms with Crippen LogP contribution in [0.15, 0.2) is 11.4 Å². The van der Waals surface area contributed by atoms with Crippen LogP contribution >= 0.6 is 23.4 Å². The predicted molar refractivity (Wildman–Crippen MR) is 65.4 cm³/mol. The fourth-order valence-electron chi connectivity index (χ4n) is 1.67. The number of halogens is 1. The molecule has 0 atom stereocenters. The summed E-state index contributed by atoms with van der Waals surface area (Å²) >= 11 is 7.25. The first kappa shape index (κ1) is 12.6. The second-order valence-corrected chi connectivity index (χ2v) is 5.39. The first-order chi connectivity index (χ1) is 7.93. The summed E-state index contributed by atoms with van der Waals surface area (Å²) in [6.45, 7) is 2.30. The largest absolute Gasteiger partial charge is 0.386 e. The van der Waals surface area contributed by atoms with Gasteiger partial charge in [-0.3, -0.25) is 4.79 Å². The third-order valence-electron chi connectivity index (χ3n) is 2.46. The van der Waals surface area contributed by atoms with Crippen LogP contribution in [0.1, 0.15) is 17.4 Å². The summed E-state index contributed by atoms with van der Waals surface area (Å²) < 4.78 is 0. The van der Waals surface area contributed by atoms with Gasteiger partial charge < -0.3 is 10.0 Å². The quantitative estimate of drug-likeness (QED) is 0.645. The van der Waals surface area contributed by atoms with Crippen LogP contribution in [0, 0.1) is 0 Å². The van der Waals surface area contributed by atoms with Gasteiger partial charge in [-0.2, -0.15) is 0 Å². The Labute approximate surface area is 108 Å². The molecule has 1 saturated heterocycles. The van der Waals surface area contributed by atoms with Crippen molar-refractivity contribution in [3.05, 3.63) is 16.9 Å². The minimum absolute atomic E-state index is 0.196. The van der Waals surface area contributed by atoms with Crippen molar-refractivity contribution in [3.63, 3.8) is 0 Å². The van der Waals surface area contributed by atoms with Gasteiger partial charge in [0, 0.05) is 0 Å². The SMILES string of the molecule is CSc1ncc(Cl)c(C(=O)N2CC(C)(O)C2)n1. The van der Waals surface area contributed by atoms with Crippen LogP contribution in [0.2, 0.25) is 5.02 Å². The number of nitrogens with zero attached hydrogens (tertiary/aromatic N) is 3. The average molecular weight is 274 g/mol. The van der Waals surface area contributed by atoms with Crippen molar-refractivity contribution < 1.29 is 9.90 Å².